The second-order valence-electron chi connectivity index (χ2n) is 6.31. The maximum atomic E-state index is 11.4. The molecule has 1 aromatic rings. The first kappa shape index (κ1) is 15.8. The lowest BCUT2D eigenvalue weighted by molar-refractivity contribution is -0.151. The predicted molar refractivity (Wildman–Crippen MR) is 80.2 cm³/mol. The lowest BCUT2D eigenvalue weighted by Crippen LogP contribution is -2.44. The summed E-state index contributed by atoms with van der Waals surface area (Å²) in [6.45, 7) is 6.31. The molecule has 1 aliphatic heterocycles. The number of piperidine rings is 1. The van der Waals surface area contributed by atoms with Gasteiger partial charge in [0.2, 0.25) is 5.88 Å². The third-order valence-corrected chi connectivity index (χ3v) is 4.49. The van der Waals surface area contributed by atoms with Crippen LogP contribution < -0.4 is 4.74 Å². The highest BCUT2D eigenvalue weighted by Crippen LogP contribution is 2.34. The third kappa shape index (κ3) is 3.73. The van der Waals surface area contributed by atoms with Gasteiger partial charge in [-0.25, -0.2) is 4.98 Å². The number of methoxy groups -OCH3 is 1. The summed E-state index contributed by atoms with van der Waals surface area (Å²) >= 11 is 0. The zero-order valence-electron chi connectivity index (χ0n) is 13.0. The van der Waals surface area contributed by atoms with Gasteiger partial charge in [0, 0.05) is 25.4 Å². The highest BCUT2D eigenvalue weighted by molar-refractivity contribution is 5.74. The van der Waals surface area contributed by atoms with Crippen LogP contribution in [0.5, 0.6) is 5.88 Å². The fraction of sp³-hybridized carbons (Fsp3) is 0.625. The molecule has 0 aliphatic carbocycles. The molecule has 0 bridgehead atoms. The van der Waals surface area contributed by atoms with E-state index in [1.165, 1.54) is 0 Å². The Bertz CT molecular complexity index is 485. The van der Waals surface area contributed by atoms with Gasteiger partial charge >= 0.3 is 5.97 Å². The molecule has 1 atom stereocenters. The molecule has 21 heavy (non-hydrogen) atoms. The van der Waals surface area contributed by atoms with Crippen LogP contribution in [0.15, 0.2) is 18.3 Å². The van der Waals surface area contributed by atoms with Crippen LogP contribution in [0.2, 0.25) is 0 Å². The van der Waals surface area contributed by atoms with E-state index in [4.69, 9.17) is 4.74 Å². The van der Waals surface area contributed by atoms with Crippen molar-refractivity contribution in [3.05, 3.63) is 23.9 Å². The summed E-state index contributed by atoms with van der Waals surface area (Å²) in [5, 5.41) is 9.38. The number of hydrogen-bond donors (Lipinski definition) is 1. The number of ether oxygens (including phenoxy) is 1. The first-order valence-corrected chi connectivity index (χ1v) is 7.38. The molecule has 0 amide bonds. The zero-order valence-corrected chi connectivity index (χ0v) is 13.0. The molecule has 1 N–H and O–H groups in total. The Labute approximate surface area is 125 Å². The first-order chi connectivity index (χ1) is 9.93. The van der Waals surface area contributed by atoms with E-state index in [2.05, 4.69) is 9.88 Å². The van der Waals surface area contributed by atoms with Gasteiger partial charge in [0.25, 0.3) is 0 Å². The monoisotopic (exact) mass is 292 g/mol. The minimum Gasteiger partial charge on any atom is -0.481 e. The number of aromatic nitrogens is 1. The smallest absolute Gasteiger partial charge is 0.309 e. The average Bonchev–Trinajstić information content (AvgIpc) is 2.48. The van der Waals surface area contributed by atoms with Gasteiger partial charge in [-0.15, -0.1) is 0 Å². The van der Waals surface area contributed by atoms with E-state index >= 15 is 0 Å². The zero-order chi connectivity index (χ0) is 15.5. The number of likely N-dealkylation sites (tertiary alicyclic amines) is 1. The number of carboxylic acid groups (broad SMARTS) is 1. The van der Waals surface area contributed by atoms with Crippen LogP contribution in [-0.2, 0) is 11.3 Å². The van der Waals surface area contributed by atoms with Gasteiger partial charge < -0.3 is 9.84 Å². The van der Waals surface area contributed by atoms with Crippen LogP contribution in [-0.4, -0.2) is 41.2 Å². The molecule has 1 fully saturated rings. The van der Waals surface area contributed by atoms with Crippen LogP contribution in [0.25, 0.3) is 0 Å². The third-order valence-electron chi connectivity index (χ3n) is 4.49. The topological polar surface area (TPSA) is 62.7 Å². The number of pyridine rings is 1. The van der Waals surface area contributed by atoms with Gasteiger partial charge in [0.05, 0.1) is 12.5 Å². The fourth-order valence-corrected chi connectivity index (χ4v) is 2.85. The largest absolute Gasteiger partial charge is 0.481 e. The Morgan fingerprint density at radius 1 is 1.52 bits per heavy atom. The van der Waals surface area contributed by atoms with Crippen LogP contribution in [0, 0.1) is 11.3 Å². The molecule has 5 nitrogen and oxygen atoms in total. The molecule has 0 aromatic carbocycles. The number of aliphatic carboxylic acids is 1. The first-order valence-electron chi connectivity index (χ1n) is 7.38. The van der Waals surface area contributed by atoms with Crippen LogP contribution in [0.4, 0.5) is 0 Å². The van der Waals surface area contributed by atoms with E-state index in [-0.39, 0.29) is 5.92 Å². The Balaban J connectivity index is 1.99. The molecule has 1 saturated heterocycles. The lowest BCUT2D eigenvalue weighted by atomic mass is 9.74. The van der Waals surface area contributed by atoms with Crippen molar-refractivity contribution < 1.29 is 14.6 Å². The van der Waals surface area contributed by atoms with E-state index in [9.17, 15) is 9.90 Å². The standard InChI is InChI=1S/C16H24N2O3/c1-16(2,15(19)20)13-5-4-8-18(11-13)10-12-6-7-14(21-3)17-9-12/h6-7,9,13H,4-5,8,10-11H2,1-3H3,(H,19,20). The molecule has 2 rings (SSSR count). The second kappa shape index (κ2) is 6.43. The minimum atomic E-state index is -0.708. The number of carbonyl (C=O) groups is 1. The quantitative estimate of drug-likeness (QED) is 0.903. The molecule has 0 spiro atoms. The predicted octanol–water partition coefficient (Wildman–Crippen LogP) is 2.41. The lowest BCUT2D eigenvalue weighted by Gasteiger charge is -2.39. The van der Waals surface area contributed by atoms with Crippen molar-refractivity contribution >= 4 is 5.97 Å². The van der Waals surface area contributed by atoms with Crippen molar-refractivity contribution in [2.45, 2.75) is 33.2 Å². The van der Waals surface area contributed by atoms with Crippen molar-refractivity contribution in [3.63, 3.8) is 0 Å². The minimum absolute atomic E-state index is 0.190. The molecule has 1 aliphatic rings. The Morgan fingerprint density at radius 2 is 2.29 bits per heavy atom. The van der Waals surface area contributed by atoms with Crippen LogP contribution in [0.3, 0.4) is 0 Å². The van der Waals surface area contributed by atoms with Gasteiger partial charge in [-0.3, -0.25) is 9.69 Å². The van der Waals surface area contributed by atoms with Crippen molar-refractivity contribution in [2.75, 3.05) is 20.2 Å². The number of hydrogen-bond acceptors (Lipinski definition) is 4. The normalized spacial score (nSPS) is 20.2. The summed E-state index contributed by atoms with van der Waals surface area (Å²) in [6.07, 6.45) is 3.85. The van der Waals surface area contributed by atoms with Gasteiger partial charge in [-0.05, 0) is 44.7 Å². The molecule has 0 radical (unpaired) electrons. The summed E-state index contributed by atoms with van der Waals surface area (Å²) in [5.41, 5.74) is 0.459. The molecule has 5 heteroatoms. The Kier molecular flexibility index (Phi) is 4.83. The van der Waals surface area contributed by atoms with E-state index < -0.39 is 11.4 Å². The summed E-state index contributed by atoms with van der Waals surface area (Å²) < 4.78 is 5.06. The van der Waals surface area contributed by atoms with E-state index in [0.29, 0.717) is 5.88 Å². The van der Waals surface area contributed by atoms with Gasteiger partial charge in [0.1, 0.15) is 0 Å². The van der Waals surface area contributed by atoms with Crippen LogP contribution in [0.1, 0.15) is 32.3 Å². The maximum absolute atomic E-state index is 11.4. The number of rotatable bonds is 5. The maximum Gasteiger partial charge on any atom is 0.309 e. The van der Waals surface area contributed by atoms with Gasteiger partial charge in [0.15, 0.2) is 0 Å². The van der Waals surface area contributed by atoms with E-state index in [0.717, 1.165) is 38.0 Å². The van der Waals surface area contributed by atoms with Crippen molar-refractivity contribution in [2.24, 2.45) is 11.3 Å². The summed E-state index contributed by atoms with van der Waals surface area (Å²) in [4.78, 5) is 18.0. The van der Waals surface area contributed by atoms with Crippen molar-refractivity contribution in [1.29, 1.82) is 0 Å². The van der Waals surface area contributed by atoms with Crippen molar-refractivity contribution in [1.82, 2.24) is 9.88 Å². The summed E-state index contributed by atoms with van der Waals surface area (Å²) in [6, 6.07) is 3.87. The number of carboxylic acids is 1. The highest BCUT2D eigenvalue weighted by atomic mass is 16.5. The molecular formula is C16H24N2O3. The van der Waals surface area contributed by atoms with E-state index in [1.54, 1.807) is 7.11 Å². The highest BCUT2D eigenvalue weighted by Gasteiger charge is 2.38. The molecule has 2 heterocycles. The Hall–Kier alpha value is -1.62. The summed E-state index contributed by atoms with van der Waals surface area (Å²) in [7, 11) is 1.60. The van der Waals surface area contributed by atoms with E-state index in [1.807, 2.05) is 32.2 Å². The fourth-order valence-electron chi connectivity index (χ4n) is 2.85. The van der Waals surface area contributed by atoms with Crippen molar-refractivity contribution in [3.8, 4) is 5.88 Å². The number of nitrogens with zero attached hydrogens (tertiary/aromatic N) is 2. The van der Waals surface area contributed by atoms with Crippen LogP contribution >= 0.6 is 0 Å². The molecular weight excluding hydrogens is 268 g/mol. The summed E-state index contributed by atoms with van der Waals surface area (Å²) in [5.74, 6) is 0.0951. The molecule has 1 unspecified atom stereocenters. The molecule has 0 saturated carbocycles. The second-order valence-corrected chi connectivity index (χ2v) is 6.31. The molecule has 1 aromatic heterocycles. The SMILES string of the molecule is COc1ccc(CN2CCCC(C(C)(C)C(=O)O)C2)cn1. The van der Waals surface area contributed by atoms with Gasteiger partial charge in [-0.1, -0.05) is 6.07 Å². The Morgan fingerprint density at radius 3 is 2.86 bits per heavy atom. The average molecular weight is 292 g/mol. The van der Waals surface area contributed by atoms with Gasteiger partial charge in [-0.2, -0.15) is 0 Å². The molecule has 116 valence electrons.